The molecule has 0 bridgehead atoms. The smallest absolute Gasteiger partial charge is 0.225 e. The predicted octanol–water partition coefficient (Wildman–Crippen LogP) is 1.80. The fourth-order valence-corrected chi connectivity index (χ4v) is 3.57. The molecule has 0 aliphatic carbocycles. The van der Waals surface area contributed by atoms with Crippen LogP contribution < -0.4 is 0 Å². The van der Waals surface area contributed by atoms with Crippen LogP contribution in [0.15, 0.2) is 17.3 Å². The quantitative estimate of drug-likeness (QED) is 0.779. The van der Waals surface area contributed by atoms with Crippen molar-refractivity contribution < 1.29 is 8.42 Å². The Bertz CT molecular complexity index is 518. The van der Waals surface area contributed by atoms with Gasteiger partial charge in [-0.25, -0.2) is 18.4 Å². The summed E-state index contributed by atoms with van der Waals surface area (Å²) in [5, 5.41) is 0.0505. The lowest BCUT2D eigenvalue weighted by molar-refractivity contribution is 0.212. The molecule has 2 unspecified atom stereocenters. The summed E-state index contributed by atoms with van der Waals surface area (Å²) in [6, 6.07) is 0. The number of piperidine rings is 1. The number of hydrogen-bond acceptors (Lipinski definition) is 4. The molecule has 0 aromatic carbocycles. The van der Waals surface area contributed by atoms with E-state index in [9.17, 15) is 8.42 Å². The highest BCUT2D eigenvalue weighted by atomic mass is 35.5. The van der Waals surface area contributed by atoms with Gasteiger partial charge in [0.2, 0.25) is 15.3 Å². The van der Waals surface area contributed by atoms with E-state index in [1.54, 1.807) is 0 Å². The lowest BCUT2D eigenvalue weighted by Crippen LogP contribution is -2.42. The van der Waals surface area contributed by atoms with Crippen LogP contribution in [0.4, 0.5) is 0 Å². The first-order valence-corrected chi connectivity index (χ1v) is 7.70. The molecule has 2 rings (SSSR count). The summed E-state index contributed by atoms with van der Waals surface area (Å²) in [6.07, 6.45) is 3.40. The normalized spacial score (nSPS) is 26.2. The van der Waals surface area contributed by atoms with Gasteiger partial charge >= 0.3 is 0 Å². The van der Waals surface area contributed by atoms with E-state index < -0.39 is 10.0 Å². The summed E-state index contributed by atoms with van der Waals surface area (Å²) < 4.78 is 26.2. The molecule has 0 amide bonds. The molecule has 1 aliphatic rings. The maximum Gasteiger partial charge on any atom is 0.246 e. The van der Waals surface area contributed by atoms with Crippen LogP contribution in [-0.2, 0) is 10.0 Å². The summed E-state index contributed by atoms with van der Waals surface area (Å²) in [6.45, 7) is 5.33. The van der Waals surface area contributed by atoms with Crippen molar-refractivity contribution in [2.24, 2.45) is 11.8 Å². The van der Waals surface area contributed by atoms with Crippen LogP contribution in [0.2, 0.25) is 5.28 Å². The molecule has 1 saturated heterocycles. The van der Waals surface area contributed by atoms with Crippen LogP contribution >= 0.6 is 11.6 Å². The lowest BCUT2D eigenvalue weighted by atomic mass is 9.90. The third kappa shape index (κ3) is 2.65. The Kier molecular flexibility index (Phi) is 3.89. The second-order valence-electron chi connectivity index (χ2n) is 4.79. The molecular weight excluding hydrogens is 274 g/mol. The van der Waals surface area contributed by atoms with E-state index in [2.05, 4.69) is 23.8 Å². The summed E-state index contributed by atoms with van der Waals surface area (Å²) >= 11 is 5.56. The number of rotatable bonds is 2. The Morgan fingerprint density at radius 3 is 2.44 bits per heavy atom. The molecule has 1 aromatic rings. The molecule has 0 saturated carbocycles. The van der Waals surface area contributed by atoms with Crippen molar-refractivity contribution in [2.75, 3.05) is 13.1 Å². The van der Waals surface area contributed by atoms with Crippen molar-refractivity contribution >= 4 is 21.6 Å². The van der Waals surface area contributed by atoms with E-state index in [0.717, 1.165) is 6.42 Å². The van der Waals surface area contributed by atoms with Gasteiger partial charge in [-0.15, -0.1) is 0 Å². The van der Waals surface area contributed by atoms with Gasteiger partial charge in [0.1, 0.15) is 4.90 Å². The van der Waals surface area contributed by atoms with Gasteiger partial charge in [0.15, 0.2) is 0 Å². The van der Waals surface area contributed by atoms with E-state index in [-0.39, 0.29) is 10.2 Å². The molecule has 0 spiro atoms. The van der Waals surface area contributed by atoms with Crippen molar-refractivity contribution in [3.05, 3.63) is 17.7 Å². The Hall–Kier alpha value is -0.720. The van der Waals surface area contributed by atoms with E-state index in [0.29, 0.717) is 24.9 Å². The Balaban J connectivity index is 2.24. The standard InChI is InChI=1S/C11H16ClN3O2S/c1-8-3-4-15(7-9(8)2)18(16,17)10-5-13-11(12)14-6-10/h5-6,8-9H,3-4,7H2,1-2H3. The zero-order valence-corrected chi connectivity index (χ0v) is 11.9. The number of aromatic nitrogens is 2. The van der Waals surface area contributed by atoms with Crippen molar-refractivity contribution in [1.82, 2.24) is 14.3 Å². The number of hydrogen-bond donors (Lipinski definition) is 0. The van der Waals surface area contributed by atoms with E-state index in [4.69, 9.17) is 11.6 Å². The molecule has 2 atom stereocenters. The molecule has 100 valence electrons. The Morgan fingerprint density at radius 1 is 1.28 bits per heavy atom. The van der Waals surface area contributed by atoms with Gasteiger partial charge in [0.25, 0.3) is 0 Å². The first-order chi connectivity index (χ1) is 8.41. The van der Waals surface area contributed by atoms with Crippen molar-refractivity contribution in [2.45, 2.75) is 25.2 Å². The summed E-state index contributed by atoms with van der Waals surface area (Å²) in [5.74, 6) is 0.916. The maximum absolute atomic E-state index is 12.4. The highest BCUT2D eigenvalue weighted by Gasteiger charge is 2.32. The van der Waals surface area contributed by atoms with E-state index in [1.165, 1.54) is 16.7 Å². The minimum Gasteiger partial charge on any atom is -0.225 e. The molecule has 0 radical (unpaired) electrons. The van der Waals surface area contributed by atoms with Gasteiger partial charge in [-0.3, -0.25) is 0 Å². The average Bonchev–Trinajstić information content (AvgIpc) is 2.33. The highest BCUT2D eigenvalue weighted by Crippen LogP contribution is 2.26. The monoisotopic (exact) mass is 289 g/mol. The molecule has 1 aliphatic heterocycles. The number of sulfonamides is 1. The van der Waals surface area contributed by atoms with Crippen LogP contribution in [0.1, 0.15) is 20.3 Å². The Morgan fingerprint density at radius 2 is 1.89 bits per heavy atom. The Labute approximate surface area is 112 Å². The third-order valence-electron chi connectivity index (χ3n) is 3.53. The number of nitrogens with zero attached hydrogens (tertiary/aromatic N) is 3. The number of halogens is 1. The molecular formula is C11H16ClN3O2S. The lowest BCUT2D eigenvalue weighted by Gasteiger charge is -2.34. The summed E-state index contributed by atoms with van der Waals surface area (Å²) in [4.78, 5) is 7.55. The maximum atomic E-state index is 12.4. The molecule has 0 N–H and O–H groups in total. The minimum absolute atomic E-state index is 0.0505. The van der Waals surface area contributed by atoms with Crippen LogP contribution in [0.25, 0.3) is 0 Å². The third-order valence-corrected chi connectivity index (χ3v) is 5.54. The molecule has 7 heteroatoms. The summed E-state index contributed by atoms with van der Waals surface area (Å²) in [7, 11) is -3.49. The first kappa shape index (κ1) is 13.7. The molecule has 18 heavy (non-hydrogen) atoms. The van der Waals surface area contributed by atoms with Crippen LogP contribution in [0.3, 0.4) is 0 Å². The largest absolute Gasteiger partial charge is 0.246 e. The summed E-state index contributed by atoms with van der Waals surface area (Å²) in [5.41, 5.74) is 0. The van der Waals surface area contributed by atoms with Crippen LogP contribution in [0, 0.1) is 11.8 Å². The zero-order chi connectivity index (χ0) is 13.3. The second kappa shape index (κ2) is 5.11. The van der Waals surface area contributed by atoms with Gasteiger partial charge < -0.3 is 0 Å². The van der Waals surface area contributed by atoms with Gasteiger partial charge in [0.05, 0.1) is 12.4 Å². The minimum atomic E-state index is -3.49. The topological polar surface area (TPSA) is 63.2 Å². The molecule has 5 nitrogen and oxygen atoms in total. The van der Waals surface area contributed by atoms with Gasteiger partial charge in [-0.1, -0.05) is 13.8 Å². The molecule has 1 fully saturated rings. The van der Waals surface area contributed by atoms with Gasteiger partial charge in [-0.05, 0) is 29.9 Å². The molecule has 1 aromatic heterocycles. The first-order valence-electron chi connectivity index (χ1n) is 5.89. The van der Waals surface area contributed by atoms with Crippen molar-refractivity contribution in [1.29, 1.82) is 0 Å². The highest BCUT2D eigenvalue weighted by molar-refractivity contribution is 7.89. The fraction of sp³-hybridized carbons (Fsp3) is 0.636. The van der Waals surface area contributed by atoms with Gasteiger partial charge in [-0.2, -0.15) is 4.31 Å². The fourth-order valence-electron chi connectivity index (χ4n) is 2.03. The SMILES string of the molecule is CC1CCN(S(=O)(=O)c2cnc(Cl)nc2)CC1C. The van der Waals surface area contributed by atoms with Crippen LogP contribution in [0.5, 0.6) is 0 Å². The average molecular weight is 290 g/mol. The van der Waals surface area contributed by atoms with E-state index >= 15 is 0 Å². The molecule has 2 heterocycles. The zero-order valence-electron chi connectivity index (χ0n) is 10.4. The van der Waals surface area contributed by atoms with Crippen molar-refractivity contribution in [3.8, 4) is 0 Å². The van der Waals surface area contributed by atoms with Gasteiger partial charge in [0, 0.05) is 13.1 Å². The second-order valence-corrected chi connectivity index (χ2v) is 7.07. The predicted molar refractivity (Wildman–Crippen MR) is 68.7 cm³/mol. The van der Waals surface area contributed by atoms with E-state index in [1.807, 2.05) is 0 Å². The van der Waals surface area contributed by atoms with Crippen molar-refractivity contribution in [3.63, 3.8) is 0 Å². The van der Waals surface area contributed by atoms with Crippen LogP contribution in [-0.4, -0.2) is 35.8 Å².